The Morgan fingerprint density at radius 1 is 1.21 bits per heavy atom. The van der Waals surface area contributed by atoms with Gasteiger partial charge in [-0.1, -0.05) is 24.3 Å². The van der Waals surface area contributed by atoms with Gasteiger partial charge in [0.2, 0.25) is 11.8 Å². The summed E-state index contributed by atoms with van der Waals surface area (Å²) in [5, 5.41) is 5.67. The number of carbonyl (C=O) groups is 2. The van der Waals surface area contributed by atoms with Crippen LogP contribution in [0.25, 0.3) is 5.57 Å². The van der Waals surface area contributed by atoms with Crippen LogP contribution in [0.4, 0.5) is 5.69 Å². The quantitative estimate of drug-likeness (QED) is 0.836. The van der Waals surface area contributed by atoms with E-state index in [0.29, 0.717) is 6.42 Å². The fourth-order valence-electron chi connectivity index (χ4n) is 3.55. The Kier molecular flexibility index (Phi) is 5.39. The predicted molar refractivity (Wildman–Crippen MR) is 112 cm³/mol. The number of aryl methyl sites for hydroxylation is 1. The molecule has 0 radical (unpaired) electrons. The molecule has 0 spiro atoms. The first-order chi connectivity index (χ1) is 13.6. The second-order valence-electron chi connectivity index (χ2n) is 7.20. The molecule has 0 saturated carbocycles. The number of hydrogen-bond acceptors (Lipinski definition) is 4. The van der Waals surface area contributed by atoms with Crippen molar-refractivity contribution in [1.29, 1.82) is 0 Å². The van der Waals surface area contributed by atoms with Crippen LogP contribution >= 0.6 is 11.3 Å². The summed E-state index contributed by atoms with van der Waals surface area (Å²) in [6, 6.07) is 7.72. The average molecular weight is 394 g/mol. The third kappa shape index (κ3) is 4.07. The van der Waals surface area contributed by atoms with Crippen molar-refractivity contribution in [3.05, 3.63) is 63.6 Å². The Bertz CT molecular complexity index is 968. The van der Waals surface area contributed by atoms with Gasteiger partial charge in [-0.25, -0.2) is 4.98 Å². The van der Waals surface area contributed by atoms with Crippen LogP contribution in [0.2, 0.25) is 0 Å². The molecule has 0 bridgehead atoms. The Morgan fingerprint density at radius 3 is 2.79 bits per heavy atom. The Hall–Kier alpha value is -2.73. The third-order valence-electron chi connectivity index (χ3n) is 5.12. The SMILES string of the molecule is Cc1ccccc1NC(=O)Cc1nc(C2=CCC(C(=O)N3CCCC3)=C2)cs1. The average Bonchev–Trinajstić information content (AvgIpc) is 3.44. The Labute approximate surface area is 168 Å². The van der Waals surface area contributed by atoms with E-state index in [1.165, 1.54) is 11.3 Å². The molecule has 1 aromatic heterocycles. The number of aromatic nitrogens is 1. The Balaban J connectivity index is 1.38. The monoisotopic (exact) mass is 393 g/mol. The van der Waals surface area contributed by atoms with E-state index >= 15 is 0 Å². The molecule has 1 N–H and O–H groups in total. The number of likely N-dealkylation sites (tertiary alicyclic amines) is 1. The lowest BCUT2D eigenvalue weighted by molar-refractivity contribution is -0.126. The second-order valence-corrected chi connectivity index (χ2v) is 8.14. The number of amides is 2. The van der Waals surface area contributed by atoms with Crippen LogP contribution in [0.5, 0.6) is 0 Å². The van der Waals surface area contributed by atoms with Crippen LogP contribution in [0.15, 0.2) is 47.4 Å². The number of hydrogen-bond donors (Lipinski definition) is 1. The molecule has 4 rings (SSSR count). The van der Waals surface area contributed by atoms with Gasteiger partial charge in [0, 0.05) is 29.7 Å². The summed E-state index contributed by atoms with van der Waals surface area (Å²) >= 11 is 1.48. The molecule has 2 amide bonds. The molecular formula is C22H23N3O2S. The highest BCUT2D eigenvalue weighted by Crippen LogP contribution is 2.29. The van der Waals surface area contributed by atoms with Gasteiger partial charge in [-0.15, -0.1) is 11.3 Å². The highest BCUT2D eigenvalue weighted by atomic mass is 32.1. The normalized spacial score (nSPS) is 16.1. The van der Waals surface area contributed by atoms with E-state index in [-0.39, 0.29) is 18.2 Å². The molecule has 1 saturated heterocycles. The standard InChI is InChI=1S/C22H23N3O2S/c1-15-6-2-3-7-18(15)23-20(26)13-21-24-19(14-28-21)16-8-9-17(12-16)22(27)25-10-4-5-11-25/h2-3,6-8,12,14H,4-5,9-11,13H2,1H3,(H,23,26). The highest BCUT2D eigenvalue weighted by Gasteiger charge is 2.24. The first-order valence-corrected chi connectivity index (χ1v) is 10.5. The maximum absolute atomic E-state index is 12.5. The fraction of sp³-hybridized carbons (Fsp3) is 0.318. The van der Waals surface area contributed by atoms with Gasteiger partial charge in [0.05, 0.1) is 12.1 Å². The fourth-order valence-corrected chi connectivity index (χ4v) is 4.35. The van der Waals surface area contributed by atoms with Crippen molar-refractivity contribution >= 4 is 34.4 Å². The zero-order valence-electron chi connectivity index (χ0n) is 15.9. The molecule has 5 nitrogen and oxygen atoms in total. The summed E-state index contributed by atoms with van der Waals surface area (Å²) in [5.41, 5.74) is 4.52. The van der Waals surface area contributed by atoms with Crippen molar-refractivity contribution in [3.8, 4) is 0 Å². The first kappa shape index (κ1) is 18.6. The van der Waals surface area contributed by atoms with E-state index in [9.17, 15) is 9.59 Å². The van der Waals surface area contributed by atoms with Crippen molar-refractivity contribution in [2.45, 2.75) is 32.6 Å². The number of nitrogens with one attached hydrogen (secondary N) is 1. The molecule has 144 valence electrons. The highest BCUT2D eigenvalue weighted by molar-refractivity contribution is 7.09. The molecule has 0 atom stereocenters. The number of thiazole rings is 1. The minimum atomic E-state index is -0.0731. The van der Waals surface area contributed by atoms with Gasteiger partial charge < -0.3 is 10.2 Å². The lowest BCUT2D eigenvalue weighted by Gasteiger charge is -2.15. The van der Waals surface area contributed by atoms with Crippen molar-refractivity contribution in [2.75, 3.05) is 18.4 Å². The van der Waals surface area contributed by atoms with Crippen molar-refractivity contribution in [2.24, 2.45) is 0 Å². The Morgan fingerprint density at radius 2 is 2.00 bits per heavy atom. The minimum absolute atomic E-state index is 0.0731. The van der Waals surface area contributed by atoms with Gasteiger partial charge in [0.15, 0.2) is 0 Å². The second kappa shape index (κ2) is 8.10. The molecule has 1 fully saturated rings. The lowest BCUT2D eigenvalue weighted by Crippen LogP contribution is -2.28. The van der Waals surface area contributed by atoms with E-state index in [1.807, 2.05) is 47.5 Å². The molecule has 0 unspecified atom stereocenters. The molecule has 1 aliphatic carbocycles. The molecule has 6 heteroatoms. The van der Waals surface area contributed by atoms with Crippen molar-refractivity contribution in [3.63, 3.8) is 0 Å². The first-order valence-electron chi connectivity index (χ1n) is 9.60. The summed E-state index contributed by atoms with van der Waals surface area (Å²) in [7, 11) is 0. The summed E-state index contributed by atoms with van der Waals surface area (Å²) in [4.78, 5) is 31.4. The van der Waals surface area contributed by atoms with Crippen LogP contribution in [-0.4, -0.2) is 34.8 Å². The van der Waals surface area contributed by atoms with Gasteiger partial charge in [-0.2, -0.15) is 0 Å². The third-order valence-corrected chi connectivity index (χ3v) is 5.97. The maximum atomic E-state index is 12.5. The number of benzene rings is 1. The van der Waals surface area contributed by atoms with E-state index in [0.717, 1.165) is 59.0 Å². The number of anilines is 1. The van der Waals surface area contributed by atoms with Gasteiger partial charge in [0.1, 0.15) is 5.01 Å². The maximum Gasteiger partial charge on any atom is 0.250 e. The minimum Gasteiger partial charge on any atom is -0.339 e. The summed E-state index contributed by atoms with van der Waals surface area (Å²) < 4.78 is 0. The largest absolute Gasteiger partial charge is 0.339 e. The lowest BCUT2D eigenvalue weighted by atomic mass is 10.2. The van der Waals surface area contributed by atoms with Gasteiger partial charge in [-0.3, -0.25) is 9.59 Å². The molecular weight excluding hydrogens is 370 g/mol. The number of allylic oxidation sites excluding steroid dienone is 3. The van der Waals surface area contributed by atoms with Crippen LogP contribution in [-0.2, 0) is 16.0 Å². The number of rotatable bonds is 5. The number of para-hydroxylation sites is 1. The summed E-state index contributed by atoms with van der Waals surface area (Å²) in [5.74, 6) is 0.0767. The van der Waals surface area contributed by atoms with Crippen molar-refractivity contribution in [1.82, 2.24) is 9.88 Å². The van der Waals surface area contributed by atoms with Gasteiger partial charge in [0.25, 0.3) is 0 Å². The molecule has 28 heavy (non-hydrogen) atoms. The molecule has 2 heterocycles. The summed E-state index contributed by atoms with van der Waals surface area (Å²) in [6.45, 7) is 3.70. The van der Waals surface area contributed by atoms with Crippen LogP contribution in [0.1, 0.15) is 35.5 Å². The zero-order valence-corrected chi connectivity index (χ0v) is 16.7. The number of nitrogens with zero attached hydrogens (tertiary/aromatic N) is 2. The van der Waals surface area contributed by atoms with Crippen molar-refractivity contribution < 1.29 is 9.59 Å². The predicted octanol–water partition coefficient (Wildman–Crippen LogP) is 3.97. The van der Waals surface area contributed by atoms with E-state index < -0.39 is 0 Å². The van der Waals surface area contributed by atoms with E-state index in [1.54, 1.807) is 0 Å². The van der Waals surface area contributed by atoms with E-state index in [4.69, 9.17) is 0 Å². The smallest absolute Gasteiger partial charge is 0.250 e. The molecule has 2 aliphatic rings. The molecule has 2 aromatic rings. The number of carbonyl (C=O) groups excluding carboxylic acids is 2. The summed E-state index contributed by atoms with van der Waals surface area (Å²) in [6.07, 6.45) is 7.10. The molecule has 1 aromatic carbocycles. The van der Waals surface area contributed by atoms with E-state index in [2.05, 4.69) is 16.4 Å². The topological polar surface area (TPSA) is 62.3 Å². The van der Waals surface area contributed by atoms with Gasteiger partial charge >= 0.3 is 0 Å². The van der Waals surface area contributed by atoms with Crippen LogP contribution in [0.3, 0.4) is 0 Å². The van der Waals surface area contributed by atoms with Crippen LogP contribution in [0, 0.1) is 6.92 Å². The molecule has 1 aliphatic heterocycles. The van der Waals surface area contributed by atoms with Crippen LogP contribution < -0.4 is 5.32 Å². The van der Waals surface area contributed by atoms with Gasteiger partial charge in [-0.05, 0) is 49.5 Å². The zero-order chi connectivity index (χ0) is 19.5.